The molecule has 2 aromatic heterocycles. The molecule has 2 atom stereocenters. The number of aromatic nitrogens is 2. The van der Waals surface area contributed by atoms with Crippen LogP contribution in [-0.4, -0.2) is 9.97 Å². The Morgan fingerprint density at radius 3 is 1.17 bits per heavy atom. The van der Waals surface area contributed by atoms with Gasteiger partial charge in [-0.3, -0.25) is 9.80 Å². The van der Waals surface area contributed by atoms with Crippen molar-refractivity contribution in [3.63, 3.8) is 0 Å². The number of pyridine rings is 2. The average molecular weight is 1000 g/mol. The van der Waals surface area contributed by atoms with E-state index < -0.39 is 10.8 Å². The number of nitrogens with zero attached hydrogens (tertiary/aromatic N) is 5. The van der Waals surface area contributed by atoms with Crippen molar-refractivity contribution in [1.29, 1.82) is 0 Å². The molecular formula is C73H53N5. The summed E-state index contributed by atoms with van der Waals surface area (Å²) in [7, 11) is 0. The van der Waals surface area contributed by atoms with Gasteiger partial charge in [0.1, 0.15) is 11.6 Å². The molecule has 3 aliphatic carbocycles. The molecule has 5 nitrogen and oxygen atoms in total. The number of anilines is 9. The second-order valence-corrected chi connectivity index (χ2v) is 20.1. The second kappa shape index (κ2) is 19.6. The van der Waals surface area contributed by atoms with E-state index in [9.17, 15) is 0 Å². The molecule has 78 heavy (non-hydrogen) atoms. The minimum atomic E-state index is -0.840. The number of para-hydroxylation sites is 6. The van der Waals surface area contributed by atoms with Gasteiger partial charge in [0.25, 0.3) is 0 Å². The molecule has 0 saturated heterocycles. The molecule has 12 aromatic rings. The molecule has 0 fully saturated rings. The van der Waals surface area contributed by atoms with Crippen molar-refractivity contribution in [2.75, 3.05) is 14.7 Å². The first kappa shape index (κ1) is 46.4. The van der Waals surface area contributed by atoms with E-state index in [0.29, 0.717) is 6.42 Å². The van der Waals surface area contributed by atoms with E-state index in [1.54, 1.807) is 0 Å². The Morgan fingerprint density at radius 2 is 0.641 bits per heavy atom. The fourth-order valence-electron chi connectivity index (χ4n) is 12.6. The molecule has 0 saturated carbocycles. The van der Waals surface area contributed by atoms with Crippen molar-refractivity contribution in [2.24, 2.45) is 0 Å². The van der Waals surface area contributed by atoms with Gasteiger partial charge in [0.2, 0.25) is 0 Å². The quantitative estimate of drug-likeness (QED) is 0.122. The zero-order valence-corrected chi connectivity index (χ0v) is 42.9. The van der Waals surface area contributed by atoms with Crippen molar-refractivity contribution in [1.82, 2.24) is 9.97 Å². The van der Waals surface area contributed by atoms with Crippen LogP contribution in [0.5, 0.6) is 0 Å². The Bertz CT molecular complexity index is 3960. The molecule has 2 unspecified atom stereocenters. The molecule has 0 radical (unpaired) electrons. The molecule has 0 N–H and O–H groups in total. The largest absolute Gasteiger partial charge is 0.310 e. The summed E-state index contributed by atoms with van der Waals surface area (Å²) >= 11 is 0. The van der Waals surface area contributed by atoms with Gasteiger partial charge in [-0.15, -0.1) is 0 Å². The van der Waals surface area contributed by atoms with Gasteiger partial charge in [-0.05, 0) is 166 Å². The lowest BCUT2D eigenvalue weighted by Crippen LogP contribution is -2.43. The Kier molecular flexibility index (Phi) is 11.6. The number of hydrogen-bond acceptors (Lipinski definition) is 5. The lowest BCUT2D eigenvalue weighted by Gasteiger charge is -2.47. The van der Waals surface area contributed by atoms with E-state index in [1.165, 1.54) is 33.4 Å². The van der Waals surface area contributed by atoms with Gasteiger partial charge >= 0.3 is 0 Å². The van der Waals surface area contributed by atoms with Gasteiger partial charge in [0, 0.05) is 39.8 Å². The van der Waals surface area contributed by atoms with Crippen LogP contribution in [0.4, 0.5) is 51.4 Å². The van der Waals surface area contributed by atoms with Gasteiger partial charge in [0.15, 0.2) is 0 Å². The first-order valence-electron chi connectivity index (χ1n) is 26.8. The zero-order chi connectivity index (χ0) is 51.9. The summed E-state index contributed by atoms with van der Waals surface area (Å²) in [5.74, 6) is 1.68. The Labute approximate surface area is 456 Å². The minimum Gasteiger partial charge on any atom is -0.310 e. The van der Waals surface area contributed by atoms with Crippen molar-refractivity contribution in [2.45, 2.75) is 17.3 Å². The van der Waals surface area contributed by atoms with Crippen LogP contribution in [0.3, 0.4) is 0 Å². The molecular weight excluding hydrogens is 947 g/mol. The third kappa shape index (κ3) is 7.70. The summed E-state index contributed by atoms with van der Waals surface area (Å²) < 4.78 is 0. The summed E-state index contributed by atoms with van der Waals surface area (Å²) in [5, 5.41) is 0. The van der Waals surface area contributed by atoms with Gasteiger partial charge in [-0.25, -0.2) is 9.97 Å². The molecule has 0 aliphatic heterocycles. The van der Waals surface area contributed by atoms with Crippen molar-refractivity contribution < 1.29 is 0 Å². The maximum atomic E-state index is 5.93. The first-order valence-corrected chi connectivity index (χ1v) is 26.8. The number of benzene rings is 10. The van der Waals surface area contributed by atoms with Crippen LogP contribution in [0.25, 0.3) is 11.1 Å². The Balaban J connectivity index is 1.05. The van der Waals surface area contributed by atoms with E-state index in [4.69, 9.17) is 9.97 Å². The number of rotatable bonds is 12. The Hall–Kier alpha value is -10.1. The molecule has 370 valence electrons. The van der Waals surface area contributed by atoms with Crippen molar-refractivity contribution in [3.05, 3.63) is 354 Å². The molecule has 5 heteroatoms. The van der Waals surface area contributed by atoms with Crippen LogP contribution in [-0.2, 0) is 17.3 Å². The summed E-state index contributed by atoms with van der Waals surface area (Å²) in [5.41, 5.74) is 17.2. The third-order valence-corrected chi connectivity index (χ3v) is 15.8. The van der Waals surface area contributed by atoms with Crippen molar-refractivity contribution in [3.8, 4) is 11.1 Å². The van der Waals surface area contributed by atoms with Crippen LogP contribution in [0.15, 0.2) is 309 Å². The SMILES string of the molecule is c1ccc(N(c2ccccc2)c2cccc(-c3ccc4c(c3)C3(c5cccc(N(c6ccccc6)c6ccccc6)n5)Cc5ccccc5C4(c4cccc(N(c5ccccc5)c5ccccc5)n4)c4ccccc43)c2)cc1. The van der Waals surface area contributed by atoms with E-state index >= 15 is 0 Å². The van der Waals surface area contributed by atoms with Crippen LogP contribution in [0.1, 0.15) is 44.8 Å². The van der Waals surface area contributed by atoms with E-state index in [2.05, 4.69) is 324 Å². The van der Waals surface area contributed by atoms with Crippen LogP contribution in [0, 0.1) is 0 Å². The molecule has 0 spiro atoms. The highest BCUT2D eigenvalue weighted by Gasteiger charge is 2.58. The molecule has 15 rings (SSSR count). The van der Waals surface area contributed by atoms with E-state index in [-0.39, 0.29) is 0 Å². The summed E-state index contributed by atoms with van der Waals surface area (Å²) in [6.45, 7) is 0. The second-order valence-electron chi connectivity index (χ2n) is 20.1. The van der Waals surface area contributed by atoms with Gasteiger partial charge in [-0.1, -0.05) is 194 Å². The molecule has 0 amide bonds. The normalized spacial score (nSPS) is 15.7. The minimum absolute atomic E-state index is 0.668. The maximum Gasteiger partial charge on any atom is 0.137 e. The topological polar surface area (TPSA) is 35.5 Å². The Morgan fingerprint density at radius 1 is 0.256 bits per heavy atom. The summed E-state index contributed by atoms with van der Waals surface area (Å²) in [4.78, 5) is 18.7. The maximum absolute atomic E-state index is 5.93. The van der Waals surface area contributed by atoms with E-state index in [1.807, 2.05) is 0 Å². The summed E-state index contributed by atoms with van der Waals surface area (Å²) in [6.07, 6.45) is 0.668. The first-order chi connectivity index (χ1) is 38.7. The van der Waals surface area contributed by atoms with Crippen LogP contribution in [0.2, 0.25) is 0 Å². The highest BCUT2D eigenvalue weighted by atomic mass is 15.2. The lowest BCUT2D eigenvalue weighted by molar-refractivity contribution is 0.558. The predicted molar refractivity (Wildman–Crippen MR) is 320 cm³/mol. The van der Waals surface area contributed by atoms with Gasteiger partial charge in [-0.2, -0.15) is 0 Å². The highest BCUT2D eigenvalue weighted by Crippen LogP contribution is 2.62. The predicted octanol–water partition coefficient (Wildman–Crippen LogP) is 18.1. The summed E-state index contributed by atoms with van der Waals surface area (Å²) in [6, 6.07) is 111. The van der Waals surface area contributed by atoms with E-state index in [0.717, 1.165) is 74.0 Å². The molecule has 2 bridgehead atoms. The standard InChI is InChI=1S/C73H53N5/c1-7-28-56(29-8-1)76(57-30-9-2-10-31-57)62-40-23-27-53(50-62)54-48-49-66-67(51-54)72(68-44-24-46-70(74-68)77(58-32-11-3-12-33-58)59-34-13-4-14-35-59)52-55-26-19-20-41-63(55)73(66,65-43-22-21-42-64(65)72)69-45-25-47-71(75-69)78(60-36-15-5-16-37-60)61-38-17-6-18-39-61/h1-51H,52H2. The van der Waals surface area contributed by atoms with Crippen LogP contribution >= 0.6 is 0 Å². The number of hydrogen-bond donors (Lipinski definition) is 0. The smallest absolute Gasteiger partial charge is 0.137 e. The average Bonchev–Trinajstić information content (AvgIpc) is 3.95. The van der Waals surface area contributed by atoms with Gasteiger partial charge in [0.05, 0.1) is 22.2 Å². The monoisotopic (exact) mass is 999 g/mol. The molecule has 3 aliphatic rings. The van der Waals surface area contributed by atoms with Gasteiger partial charge < -0.3 is 4.90 Å². The zero-order valence-electron chi connectivity index (χ0n) is 42.9. The fourth-order valence-corrected chi connectivity index (χ4v) is 12.6. The molecule has 10 aromatic carbocycles. The van der Waals surface area contributed by atoms with Crippen molar-refractivity contribution >= 4 is 51.4 Å². The fraction of sp³-hybridized carbons (Fsp3) is 0.0411. The molecule has 2 heterocycles. The lowest BCUT2D eigenvalue weighted by atomic mass is 9.55. The van der Waals surface area contributed by atoms with Crippen LogP contribution < -0.4 is 14.7 Å². The highest BCUT2D eigenvalue weighted by molar-refractivity contribution is 5.84. The third-order valence-electron chi connectivity index (χ3n) is 15.8.